The lowest BCUT2D eigenvalue weighted by Crippen LogP contribution is -2.34. The van der Waals surface area contributed by atoms with Gasteiger partial charge in [-0.25, -0.2) is 4.57 Å². The maximum atomic E-state index is 12.6. The molecule has 0 spiro atoms. The number of phosphoric acid groups is 1. The van der Waals surface area contributed by atoms with E-state index in [9.17, 15) is 19.0 Å². The predicted molar refractivity (Wildman–Crippen MR) is 231 cm³/mol. The van der Waals surface area contributed by atoms with Crippen molar-refractivity contribution in [3.8, 4) is 0 Å². The van der Waals surface area contributed by atoms with E-state index in [2.05, 4.69) is 74.6 Å². The van der Waals surface area contributed by atoms with E-state index in [1.54, 1.807) is 0 Å². The molecule has 0 heterocycles. The molecule has 0 aromatic heterocycles. The highest BCUT2D eigenvalue weighted by molar-refractivity contribution is 7.47. The van der Waals surface area contributed by atoms with Crippen molar-refractivity contribution in [3.63, 3.8) is 0 Å². The van der Waals surface area contributed by atoms with Gasteiger partial charge in [0.15, 0.2) is 0 Å². The smallest absolute Gasteiger partial charge is 0.472 e. The molecular weight excluding hydrogens is 729 g/mol. The third-order valence-electron chi connectivity index (χ3n) is 9.01. The maximum Gasteiger partial charge on any atom is 0.472 e. The van der Waals surface area contributed by atoms with Gasteiger partial charge < -0.3 is 25.2 Å². The van der Waals surface area contributed by atoms with Crippen LogP contribution in [0.2, 0.25) is 0 Å². The van der Waals surface area contributed by atoms with Crippen LogP contribution in [0.25, 0.3) is 0 Å². The van der Waals surface area contributed by atoms with Gasteiger partial charge in [0, 0.05) is 13.0 Å². The van der Waals surface area contributed by atoms with Gasteiger partial charge in [0.2, 0.25) is 0 Å². The Bertz CT molecular complexity index is 1120. The maximum absolute atomic E-state index is 12.6. The van der Waals surface area contributed by atoms with Crippen molar-refractivity contribution < 1.29 is 42.7 Å². The molecule has 3 atom stereocenters. The molecule has 10 nitrogen and oxygen atoms in total. The van der Waals surface area contributed by atoms with Crippen molar-refractivity contribution in [2.24, 2.45) is 5.73 Å². The molecular formula is C45H80NO9P. The number of carbonyl (C=O) groups is 2. The minimum absolute atomic E-state index is 0.00930. The Morgan fingerprint density at radius 3 is 1.57 bits per heavy atom. The molecule has 0 aliphatic rings. The Hall–Kier alpha value is -2.33. The van der Waals surface area contributed by atoms with Crippen LogP contribution in [0.5, 0.6) is 0 Å². The first kappa shape index (κ1) is 53.7. The molecule has 0 fully saturated rings. The lowest BCUT2D eigenvalue weighted by molar-refractivity contribution is -0.154. The zero-order valence-electron chi connectivity index (χ0n) is 35.2. The second kappa shape index (κ2) is 40.9. The number of allylic oxidation sites excluding steroid dienone is 10. The van der Waals surface area contributed by atoms with Crippen molar-refractivity contribution in [2.75, 3.05) is 26.4 Å². The number of carboxylic acids is 1. The number of phosphoric ester groups is 1. The van der Waals surface area contributed by atoms with E-state index in [0.29, 0.717) is 13.0 Å². The second-order valence-electron chi connectivity index (χ2n) is 14.4. The highest BCUT2D eigenvalue weighted by Crippen LogP contribution is 2.43. The van der Waals surface area contributed by atoms with Crippen molar-refractivity contribution in [3.05, 3.63) is 60.8 Å². The molecule has 0 saturated carbocycles. The molecule has 0 aliphatic heterocycles. The van der Waals surface area contributed by atoms with Crippen LogP contribution >= 0.6 is 7.82 Å². The van der Waals surface area contributed by atoms with Gasteiger partial charge in [-0.1, -0.05) is 158 Å². The standard InChI is InChI=1S/C45H80NO9P/c1-3-5-7-9-11-13-15-16-17-18-19-20-21-22-23-24-25-26-27-28-30-32-34-36-38-52-39-42(40-53-56(50,51)54-41-43(46)45(48)49)55-44(47)37-35-33-31-29-14-12-10-8-6-4-2/h5,7-8,10-11,13,16-17,19-20,42-43H,3-4,6,9,12,14-15,18,21-41,46H2,1-2H3,(H,48,49)(H,50,51)/b7-5-,10-8-,13-11-,17-16-,20-19-. The lowest BCUT2D eigenvalue weighted by Gasteiger charge is -2.20. The second-order valence-corrected chi connectivity index (χ2v) is 15.9. The molecule has 324 valence electrons. The summed E-state index contributed by atoms with van der Waals surface area (Å²) in [7, 11) is -4.62. The number of rotatable bonds is 41. The van der Waals surface area contributed by atoms with E-state index in [4.69, 9.17) is 29.4 Å². The van der Waals surface area contributed by atoms with E-state index in [1.165, 1.54) is 57.8 Å². The zero-order valence-corrected chi connectivity index (χ0v) is 36.1. The minimum atomic E-state index is -4.62. The molecule has 0 radical (unpaired) electrons. The minimum Gasteiger partial charge on any atom is -0.480 e. The fraction of sp³-hybridized carbons (Fsp3) is 0.733. The summed E-state index contributed by atoms with van der Waals surface area (Å²) < 4.78 is 33.3. The predicted octanol–water partition coefficient (Wildman–Crippen LogP) is 12.0. The van der Waals surface area contributed by atoms with Crippen LogP contribution in [0, 0.1) is 0 Å². The average Bonchev–Trinajstić information content (AvgIpc) is 3.18. The topological polar surface area (TPSA) is 155 Å². The number of nitrogens with two attached hydrogens (primary N) is 1. The van der Waals surface area contributed by atoms with Crippen LogP contribution in [-0.2, 0) is 32.7 Å². The molecule has 3 unspecified atom stereocenters. The summed E-state index contributed by atoms with van der Waals surface area (Å²) >= 11 is 0. The number of hydrogen-bond acceptors (Lipinski definition) is 8. The van der Waals surface area contributed by atoms with Gasteiger partial charge in [0.1, 0.15) is 12.1 Å². The third-order valence-corrected chi connectivity index (χ3v) is 9.96. The number of carbonyl (C=O) groups excluding carboxylic acids is 1. The van der Waals surface area contributed by atoms with Gasteiger partial charge in [-0.05, 0) is 70.6 Å². The molecule has 0 aromatic rings. The quantitative estimate of drug-likeness (QED) is 0.0235. The fourth-order valence-electron chi connectivity index (χ4n) is 5.66. The average molecular weight is 810 g/mol. The van der Waals surface area contributed by atoms with Crippen molar-refractivity contribution in [1.82, 2.24) is 0 Å². The Kier molecular flexibility index (Phi) is 39.2. The number of hydrogen-bond donors (Lipinski definition) is 3. The van der Waals surface area contributed by atoms with E-state index in [0.717, 1.165) is 89.9 Å². The number of esters is 1. The van der Waals surface area contributed by atoms with Crippen molar-refractivity contribution in [2.45, 2.75) is 187 Å². The van der Waals surface area contributed by atoms with Crippen LogP contribution in [0.1, 0.15) is 174 Å². The highest BCUT2D eigenvalue weighted by Gasteiger charge is 2.27. The molecule has 56 heavy (non-hydrogen) atoms. The number of carboxylic acid groups (broad SMARTS) is 1. The Morgan fingerprint density at radius 2 is 1.04 bits per heavy atom. The Morgan fingerprint density at radius 1 is 0.589 bits per heavy atom. The summed E-state index contributed by atoms with van der Waals surface area (Å²) in [5.41, 5.74) is 5.35. The lowest BCUT2D eigenvalue weighted by atomic mass is 10.1. The summed E-state index contributed by atoms with van der Waals surface area (Å²) in [6, 6.07) is -1.48. The van der Waals surface area contributed by atoms with E-state index in [1.807, 2.05) is 0 Å². The molecule has 0 rings (SSSR count). The van der Waals surface area contributed by atoms with Crippen LogP contribution in [0.4, 0.5) is 0 Å². The van der Waals surface area contributed by atoms with Gasteiger partial charge in [-0.3, -0.25) is 18.6 Å². The van der Waals surface area contributed by atoms with Gasteiger partial charge in [-0.2, -0.15) is 0 Å². The molecule has 0 bridgehead atoms. The first-order chi connectivity index (χ1) is 27.2. The summed E-state index contributed by atoms with van der Waals surface area (Å²) in [4.78, 5) is 33.4. The summed E-state index contributed by atoms with van der Waals surface area (Å²) in [5, 5.41) is 8.88. The normalized spacial score (nSPS) is 14.5. The summed E-state index contributed by atoms with van der Waals surface area (Å²) in [5.74, 6) is -1.79. The third kappa shape index (κ3) is 39.9. The number of unbranched alkanes of at least 4 members (excludes halogenated alkanes) is 17. The molecule has 0 aromatic carbocycles. The zero-order chi connectivity index (χ0) is 41.2. The largest absolute Gasteiger partial charge is 0.480 e. The van der Waals surface area contributed by atoms with E-state index >= 15 is 0 Å². The monoisotopic (exact) mass is 810 g/mol. The van der Waals surface area contributed by atoms with Gasteiger partial charge in [-0.15, -0.1) is 0 Å². The number of aliphatic carboxylic acids is 1. The molecule has 0 amide bonds. The molecule has 11 heteroatoms. The van der Waals surface area contributed by atoms with Crippen LogP contribution in [0.15, 0.2) is 60.8 Å². The fourth-order valence-corrected chi connectivity index (χ4v) is 6.43. The first-order valence-corrected chi connectivity index (χ1v) is 23.3. The SMILES string of the molecule is CC/C=C\C/C=C\C/C=C\C/C=C\CCCCCCCCCCCCCOCC(COP(=O)(O)OCC(N)C(=O)O)OC(=O)CCCCCCC/C=C\CCC. The van der Waals surface area contributed by atoms with Gasteiger partial charge in [0.25, 0.3) is 0 Å². The van der Waals surface area contributed by atoms with Crippen LogP contribution < -0.4 is 5.73 Å². The van der Waals surface area contributed by atoms with Crippen molar-refractivity contribution in [1.29, 1.82) is 0 Å². The Balaban J connectivity index is 4.11. The number of ether oxygens (including phenoxy) is 2. The van der Waals surface area contributed by atoms with Crippen LogP contribution in [0.3, 0.4) is 0 Å². The molecule has 0 aliphatic carbocycles. The van der Waals surface area contributed by atoms with Crippen LogP contribution in [-0.4, -0.2) is 60.5 Å². The summed E-state index contributed by atoms with van der Waals surface area (Å²) in [6.07, 6.45) is 48.6. The first-order valence-electron chi connectivity index (χ1n) is 21.8. The molecule has 0 saturated heterocycles. The Labute approximate surface area is 341 Å². The molecule has 4 N–H and O–H groups in total. The summed E-state index contributed by atoms with van der Waals surface area (Å²) in [6.45, 7) is 3.67. The van der Waals surface area contributed by atoms with Crippen molar-refractivity contribution >= 4 is 19.8 Å². The van der Waals surface area contributed by atoms with E-state index in [-0.39, 0.29) is 13.0 Å². The highest BCUT2D eigenvalue weighted by atomic mass is 31.2. The van der Waals surface area contributed by atoms with E-state index < -0.39 is 45.1 Å². The van der Waals surface area contributed by atoms with Gasteiger partial charge in [0.05, 0.1) is 19.8 Å². The van der Waals surface area contributed by atoms with Gasteiger partial charge >= 0.3 is 19.8 Å².